The number of methoxy groups -OCH3 is 1. The Kier molecular flexibility index (Phi) is 9.09. The number of benzene rings is 1. The van der Waals surface area contributed by atoms with Crippen molar-refractivity contribution in [2.24, 2.45) is 4.99 Å². The molecule has 0 bridgehead atoms. The summed E-state index contributed by atoms with van der Waals surface area (Å²) in [6, 6.07) is 9.02. The van der Waals surface area contributed by atoms with Gasteiger partial charge in [0, 0.05) is 31.5 Å². The van der Waals surface area contributed by atoms with Gasteiger partial charge in [-0.2, -0.15) is 5.10 Å². The number of nitrogens with zero attached hydrogens (tertiary/aromatic N) is 4. The summed E-state index contributed by atoms with van der Waals surface area (Å²) in [6.07, 6.45) is 1.92. The van der Waals surface area contributed by atoms with Crippen LogP contribution in [0.3, 0.4) is 0 Å². The molecule has 30 heavy (non-hydrogen) atoms. The molecule has 2 N–H and O–H groups in total. The lowest BCUT2D eigenvalue weighted by Crippen LogP contribution is -2.47. The van der Waals surface area contributed by atoms with E-state index in [2.05, 4.69) is 72.7 Å². The Hall–Kier alpha value is -1.68. The zero-order valence-corrected chi connectivity index (χ0v) is 21.1. The number of nitrogens with one attached hydrogen (secondary N) is 2. The molecule has 0 radical (unpaired) electrons. The molecule has 2 heterocycles. The van der Waals surface area contributed by atoms with E-state index in [1.807, 2.05) is 4.68 Å². The van der Waals surface area contributed by atoms with E-state index in [9.17, 15) is 0 Å². The fraction of sp³-hybridized carbons (Fsp3) is 0.591. The lowest BCUT2D eigenvalue weighted by atomic mass is 9.84. The molecule has 0 saturated carbocycles. The fourth-order valence-electron chi connectivity index (χ4n) is 3.55. The van der Waals surface area contributed by atoms with Crippen LogP contribution in [0.15, 0.2) is 29.3 Å². The second-order valence-corrected chi connectivity index (χ2v) is 8.38. The van der Waals surface area contributed by atoms with Crippen LogP contribution in [0.1, 0.15) is 50.0 Å². The largest absolute Gasteiger partial charge is 0.377 e. The van der Waals surface area contributed by atoms with Crippen molar-refractivity contribution in [1.82, 2.24) is 25.4 Å². The predicted molar refractivity (Wildman–Crippen MR) is 132 cm³/mol. The van der Waals surface area contributed by atoms with Crippen LogP contribution in [-0.2, 0) is 29.7 Å². The standard InChI is InChI=1S/C22H34N6O.HI/c1-6-23-21(24-15-22(3,4)17-9-7-16(2)8-10-17)25-18-11-12-20-26-19(14-29-5)27-28(20)13-18;/h7-10,18H,6,11-15H2,1-5H3,(H2,23,24,25);1H. The zero-order chi connectivity index (χ0) is 20.9. The quantitative estimate of drug-likeness (QED) is 0.329. The van der Waals surface area contributed by atoms with Crippen molar-refractivity contribution in [2.45, 2.75) is 65.1 Å². The highest BCUT2D eigenvalue weighted by molar-refractivity contribution is 14.0. The monoisotopic (exact) mass is 526 g/mol. The van der Waals surface area contributed by atoms with Gasteiger partial charge in [0.2, 0.25) is 0 Å². The lowest BCUT2D eigenvalue weighted by Gasteiger charge is -2.27. The number of aliphatic imine (C=N–C) groups is 1. The van der Waals surface area contributed by atoms with Crippen molar-refractivity contribution >= 4 is 29.9 Å². The van der Waals surface area contributed by atoms with Crippen molar-refractivity contribution in [3.8, 4) is 0 Å². The van der Waals surface area contributed by atoms with E-state index in [1.165, 1.54) is 11.1 Å². The second-order valence-electron chi connectivity index (χ2n) is 8.38. The van der Waals surface area contributed by atoms with Crippen molar-refractivity contribution < 1.29 is 4.74 Å². The molecule has 0 saturated heterocycles. The smallest absolute Gasteiger partial charge is 0.191 e. The molecular formula is C22H35IN6O. The maximum absolute atomic E-state index is 5.15. The molecule has 0 spiro atoms. The molecule has 0 aliphatic carbocycles. The molecular weight excluding hydrogens is 491 g/mol. The maximum Gasteiger partial charge on any atom is 0.191 e. The third kappa shape index (κ3) is 6.41. The van der Waals surface area contributed by atoms with Crippen LogP contribution in [0.25, 0.3) is 0 Å². The van der Waals surface area contributed by atoms with Gasteiger partial charge in [-0.15, -0.1) is 24.0 Å². The van der Waals surface area contributed by atoms with Crippen LogP contribution in [0.2, 0.25) is 0 Å². The van der Waals surface area contributed by atoms with E-state index in [-0.39, 0.29) is 35.4 Å². The summed E-state index contributed by atoms with van der Waals surface area (Å²) >= 11 is 0. The Morgan fingerprint density at radius 1 is 1.30 bits per heavy atom. The number of rotatable bonds is 7. The Labute approximate surface area is 197 Å². The third-order valence-electron chi connectivity index (χ3n) is 5.33. The lowest BCUT2D eigenvalue weighted by molar-refractivity contribution is 0.177. The fourth-order valence-corrected chi connectivity index (χ4v) is 3.55. The first-order valence-electron chi connectivity index (χ1n) is 10.4. The highest BCUT2D eigenvalue weighted by Crippen LogP contribution is 2.24. The minimum Gasteiger partial charge on any atom is -0.377 e. The molecule has 1 atom stereocenters. The minimum atomic E-state index is -0.0310. The van der Waals surface area contributed by atoms with E-state index in [4.69, 9.17) is 9.73 Å². The molecule has 3 rings (SSSR count). The Morgan fingerprint density at radius 3 is 2.70 bits per heavy atom. The van der Waals surface area contributed by atoms with Gasteiger partial charge in [0.1, 0.15) is 12.4 Å². The predicted octanol–water partition coefficient (Wildman–Crippen LogP) is 3.20. The summed E-state index contributed by atoms with van der Waals surface area (Å²) in [5, 5.41) is 11.5. The van der Waals surface area contributed by atoms with Gasteiger partial charge in [-0.3, -0.25) is 4.99 Å². The first-order valence-corrected chi connectivity index (χ1v) is 10.4. The molecule has 1 aliphatic heterocycles. The second kappa shape index (κ2) is 11.1. The van der Waals surface area contributed by atoms with E-state index in [0.717, 1.165) is 43.5 Å². The number of halogens is 1. The normalized spacial score (nSPS) is 16.6. The van der Waals surface area contributed by atoms with E-state index in [1.54, 1.807) is 7.11 Å². The van der Waals surface area contributed by atoms with Gasteiger partial charge in [0.05, 0.1) is 13.1 Å². The van der Waals surface area contributed by atoms with Gasteiger partial charge < -0.3 is 15.4 Å². The van der Waals surface area contributed by atoms with Crippen molar-refractivity contribution in [3.63, 3.8) is 0 Å². The van der Waals surface area contributed by atoms with Gasteiger partial charge in [0.15, 0.2) is 11.8 Å². The number of hydrogen-bond donors (Lipinski definition) is 2. The number of fused-ring (bicyclic) bond motifs is 1. The average Bonchev–Trinajstić information content (AvgIpc) is 3.09. The van der Waals surface area contributed by atoms with Crippen molar-refractivity contribution in [2.75, 3.05) is 20.2 Å². The minimum absolute atomic E-state index is 0. The summed E-state index contributed by atoms with van der Waals surface area (Å²) < 4.78 is 7.15. The number of guanidine groups is 1. The van der Waals surface area contributed by atoms with Crippen LogP contribution in [0.4, 0.5) is 0 Å². The number of aryl methyl sites for hydroxylation is 2. The first-order chi connectivity index (χ1) is 13.9. The molecule has 2 aromatic rings. The summed E-state index contributed by atoms with van der Waals surface area (Å²) in [7, 11) is 1.67. The summed E-state index contributed by atoms with van der Waals surface area (Å²) in [6.45, 7) is 11.5. The number of hydrogen-bond acceptors (Lipinski definition) is 4. The SMILES string of the molecule is CCNC(=NCC(C)(C)c1ccc(C)cc1)NC1CCc2nc(COC)nn2C1.I. The van der Waals surface area contributed by atoms with Crippen LogP contribution in [0, 0.1) is 6.92 Å². The third-order valence-corrected chi connectivity index (χ3v) is 5.33. The Bertz CT molecular complexity index is 831. The van der Waals surface area contributed by atoms with Gasteiger partial charge in [-0.1, -0.05) is 43.7 Å². The van der Waals surface area contributed by atoms with Crippen LogP contribution in [-0.4, -0.2) is 47.0 Å². The van der Waals surface area contributed by atoms with Gasteiger partial charge in [0.25, 0.3) is 0 Å². The molecule has 0 amide bonds. The first kappa shape index (κ1) is 24.6. The molecule has 7 nitrogen and oxygen atoms in total. The summed E-state index contributed by atoms with van der Waals surface area (Å²) in [5.41, 5.74) is 2.55. The van der Waals surface area contributed by atoms with Crippen LogP contribution >= 0.6 is 24.0 Å². The summed E-state index contributed by atoms with van der Waals surface area (Å²) in [5.74, 6) is 2.65. The zero-order valence-electron chi connectivity index (χ0n) is 18.7. The molecule has 1 aromatic carbocycles. The van der Waals surface area contributed by atoms with E-state index in [0.29, 0.717) is 13.2 Å². The number of ether oxygens (including phenoxy) is 1. The van der Waals surface area contributed by atoms with Crippen molar-refractivity contribution in [1.29, 1.82) is 0 Å². The van der Waals surface area contributed by atoms with Crippen molar-refractivity contribution in [3.05, 3.63) is 47.0 Å². The highest BCUT2D eigenvalue weighted by Gasteiger charge is 2.24. The van der Waals surface area contributed by atoms with Gasteiger partial charge >= 0.3 is 0 Å². The molecule has 166 valence electrons. The van der Waals surface area contributed by atoms with E-state index < -0.39 is 0 Å². The molecule has 1 unspecified atom stereocenters. The Morgan fingerprint density at radius 2 is 2.03 bits per heavy atom. The molecule has 1 aliphatic rings. The average molecular weight is 526 g/mol. The highest BCUT2D eigenvalue weighted by atomic mass is 127. The Balaban J connectivity index is 0.00000320. The van der Waals surface area contributed by atoms with Gasteiger partial charge in [-0.25, -0.2) is 9.67 Å². The molecule has 1 aromatic heterocycles. The van der Waals surface area contributed by atoms with E-state index >= 15 is 0 Å². The van der Waals surface area contributed by atoms with Crippen LogP contribution < -0.4 is 10.6 Å². The van der Waals surface area contributed by atoms with Gasteiger partial charge in [-0.05, 0) is 25.8 Å². The van der Waals surface area contributed by atoms with Crippen LogP contribution in [0.5, 0.6) is 0 Å². The molecule has 0 fully saturated rings. The topological polar surface area (TPSA) is 76.4 Å². The summed E-state index contributed by atoms with van der Waals surface area (Å²) in [4.78, 5) is 9.45. The number of aromatic nitrogens is 3. The molecule has 8 heteroatoms. The maximum atomic E-state index is 5.15.